The lowest BCUT2D eigenvalue weighted by atomic mass is 10.1. The van der Waals surface area contributed by atoms with Crippen LogP contribution in [0, 0.1) is 11.3 Å². The fraction of sp³-hybridized carbons (Fsp3) is 0.250. The third-order valence-corrected chi connectivity index (χ3v) is 4.78. The van der Waals surface area contributed by atoms with Gasteiger partial charge in [-0.2, -0.15) is 5.26 Å². The van der Waals surface area contributed by atoms with Crippen LogP contribution in [0.25, 0.3) is 10.6 Å². The molecular formula is C12H10BrN3S. The maximum Gasteiger partial charge on any atom is 0.147 e. The lowest BCUT2D eigenvalue weighted by molar-refractivity contribution is 0.870. The molecule has 0 radical (unpaired) electrons. The van der Waals surface area contributed by atoms with Crippen LogP contribution < -0.4 is 0 Å². The first-order valence-corrected chi connectivity index (χ1v) is 6.95. The van der Waals surface area contributed by atoms with Gasteiger partial charge < -0.3 is 0 Å². The van der Waals surface area contributed by atoms with E-state index in [1.54, 1.807) is 17.4 Å². The van der Waals surface area contributed by atoms with Crippen LogP contribution in [-0.4, -0.2) is 10.2 Å². The van der Waals surface area contributed by atoms with Gasteiger partial charge in [-0.25, -0.2) is 0 Å². The molecule has 0 spiro atoms. The average Bonchev–Trinajstić information content (AvgIpc) is 2.87. The van der Waals surface area contributed by atoms with Crippen molar-refractivity contribution in [2.45, 2.75) is 18.2 Å². The molecule has 0 fully saturated rings. The van der Waals surface area contributed by atoms with Crippen molar-refractivity contribution in [1.29, 1.82) is 5.26 Å². The number of rotatable bonds is 3. The van der Waals surface area contributed by atoms with E-state index in [-0.39, 0.29) is 4.83 Å². The van der Waals surface area contributed by atoms with Gasteiger partial charge in [-0.05, 0) is 18.6 Å². The number of alkyl halides is 1. The monoisotopic (exact) mass is 307 g/mol. The summed E-state index contributed by atoms with van der Waals surface area (Å²) in [5.41, 5.74) is 1.59. The molecule has 2 rings (SSSR count). The maximum atomic E-state index is 8.85. The van der Waals surface area contributed by atoms with Crippen molar-refractivity contribution in [2.75, 3.05) is 0 Å². The number of hydrogen-bond donors (Lipinski definition) is 0. The van der Waals surface area contributed by atoms with Gasteiger partial charge in [0.1, 0.15) is 10.0 Å². The van der Waals surface area contributed by atoms with Gasteiger partial charge in [0.15, 0.2) is 0 Å². The Morgan fingerprint density at radius 2 is 2.29 bits per heavy atom. The van der Waals surface area contributed by atoms with E-state index in [0.29, 0.717) is 5.56 Å². The summed E-state index contributed by atoms with van der Waals surface area (Å²) in [6.45, 7) is 2.09. The number of hydrogen-bond acceptors (Lipinski definition) is 4. The molecule has 0 aliphatic carbocycles. The minimum Gasteiger partial charge on any atom is -0.192 e. The molecule has 1 aromatic heterocycles. The first-order chi connectivity index (χ1) is 8.24. The summed E-state index contributed by atoms with van der Waals surface area (Å²) in [5, 5.41) is 19.0. The zero-order valence-electron chi connectivity index (χ0n) is 9.22. The zero-order chi connectivity index (χ0) is 12.3. The Morgan fingerprint density at radius 3 is 3.00 bits per heavy atom. The molecule has 1 heterocycles. The fourth-order valence-corrected chi connectivity index (χ4v) is 2.65. The molecular weight excluding hydrogens is 298 g/mol. The van der Waals surface area contributed by atoms with Crippen LogP contribution in [0.5, 0.6) is 0 Å². The van der Waals surface area contributed by atoms with Gasteiger partial charge in [0.25, 0.3) is 0 Å². The molecule has 5 heteroatoms. The van der Waals surface area contributed by atoms with E-state index in [4.69, 9.17) is 5.26 Å². The third kappa shape index (κ3) is 2.71. The smallest absolute Gasteiger partial charge is 0.147 e. The van der Waals surface area contributed by atoms with E-state index < -0.39 is 0 Å². The van der Waals surface area contributed by atoms with Crippen molar-refractivity contribution in [3.05, 3.63) is 34.8 Å². The number of aromatic nitrogens is 2. The lowest BCUT2D eigenvalue weighted by Gasteiger charge is -1.98. The van der Waals surface area contributed by atoms with Crippen LogP contribution in [0.4, 0.5) is 0 Å². The average molecular weight is 308 g/mol. The molecule has 0 saturated heterocycles. The SMILES string of the molecule is CCC(Br)c1nnc(-c2cccc(C#N)c2)s1. The van der Waals surface area contributed by atoms with Crippen molar-refractivity contribution < 1.29 is 0 Å². The third-order valence-electron chi connectivity index (χ3n) is 2.31. The zero-order valence-corrected chi connectivity index (χ0v) is 11.6. The Bertz CT molecular complexity index is 559. The van der Waals surface area contributed by atoms with Gasteiger partial charge in [-0.1, -0.05) is 46.3 Å². The summed E-state index contributed by atoms with van der Waals surface area (Å²) in [5.74, 6) is 0. The van der Waals surface area contributed by atoms with E-state index in [1.807, 2.05) is 18.2 Å². The van der Waals surface area contributed by atoms with Crippen LogP contribution >= 0.6 is 27.3 Å². The van der Waals surface area contributed by atoms with Crippen LogP contribution in [-0.2, 0) is 0 Å². The molecule has 1 atom stereocenters. The number of benzene rings is 1. The Balaban J connectivity index is 2.34. The second kappa shape index (κ2) is 5.39. The molecule has 1 unspecified atom stereocenters. The molecule has 2 aromatic rings. The quantitative estimate of drug-likeness (QED) is 0.807. The highest BCUT2D eigenvalue weighted by molar-refractivity contribution is 9.09. The van der Waals surface area contributed by atoms with Gasteiger partial charge in [-0.15, -0.1) is 10.2 Å². The Morgan fingerprint density at radius 1 is 1.47 bits per heavy atom. The summed E-state index contributed by atoms with van der Waals surface area (Å²) in [6.07, 6.45) is 0.979. The Kier molecular flexibility index (Phi) is 3.87. The lowest BCUT2D eigenvalue weighted by Crippen LogP contribution is -1.84. The van der Waals surface area contributed by atoms with E-state index in [9.17, 15) is 0 Å². The molecule has 3 nitrogen and oxygen atoms in total. The molecule has 0 saturated carbocycles. The highest BCUT2D eigenvalue weighted by atomic mass is 79.9. The largest absolute Gasteiger partial charge is 0.192 e. The van der Waals surface area contributed by atoms with Crippen molar-refractivity contribution in [2.24, 2.45) is 0 Å². The summed E-state index contributed by atoms with van der Waals surface area (Å²) in [7, 11) is 0. The Hall–Kier alpha value is -1.25. The van der Waals surface area contributed by atoms with E-state index in [1.165, 1.54) is 0 Å². The normalized spacial score (nSPS) is 12.1. The standard InChI is InChI=1S/C12H10BrN3S/c1-2-10(13)12-16-15-11(17-12)9-5-3-4-8(6-9)7-14/h3-6,10H,2H2,1H3. The number of nitriles is 1. The predicted molar refractivity (Wildman–Crippen MR) is 72.0 cm³/mol. The van der Waals surface area contributed by atoms with Crippen LogP contribution in [0.1, 0.15) is 28.7 Å². The van der Waals surface area contributed by atoms with Crippen LogP contribution in [0.2, 0.25) is 0 Å². The van der Waals surface area contributed by atoms with Gasteiger partial charge in [-0.3, -0.25) is 0 Å². The van der Waals surface area contributed by atoms with Gasteiger partial charge >= 0.3 is 0 Å². The van der Waals surface area contributed by atoms with E-state index in [2.05, 4.69) is 39.1 Å². The first kappa shape index (κ1) is 12.2. The second-order valence-corrected chi connectivity index (χ2v) is 5.63. The summed E-state index contributed by atoms with van der Waals surface area (Å²) < 4.78 is 0. The molecule has 0 bridgehead atoms. The minimum atomic E-state index is 0.257. The molecule has 0 N–H and O–H groups in total. The van der Waals surface area contributed by atoms with Crippen LogP contribution in [0.3, 0.4) is 0 Å². The predicted octanol–water partition coefficient (Wildman–Crippen LogP) is 3.92. The first-order valence-electron chi connectivity index (χ1n) is 5.22. The van der Waals surface area contributed by atoms with Gasteiger partial charge in [0, 0.05) is 5.56 Å². The number of nitrogens with zero attached hydrogens (tertiary/aromatic N) is 3. The second-order valence-electron chi connectivity index (χ2n) is 3.51. The topological polar surface area (TPSA) is 49.6 Å². The van der Waals surface area contributed by atoms with Crippen molar-refractivity contribution in [1.82, 2.24) is 10.2 Å². The maximum absolute atomic E-state index is 8.85. The molecule has 0 aliphatic heterocycles. The van der Waals surface area contributed by atoms with E-state index in [0.717, 1.165) is 22.0 Å². The van der Waals surface area contributed by atoms with E-state index >= 15 is 0 Å². The van der Waals surface area contributed by atoms with Crippen molar-refractivity contribution >= 4 is 27.3 Å². The molecule has 0 amide bonds. The van der Waals surface area contributed by atoms with Crippen molar-refractivity contribution in [3.8, 4) is 16.6 Å². The van der Waals surface area contributed by atoms with Crippen LogP contribution in [0.15, 0.2) is 24.3 Å². The number of halogens is 1. The molecule has 1 aromatic carbocycles. The summed E-state index contributed by atoms with van der Waals surface area (Å²) in [6, 6.07) is 9.55. The highest BCUT2D eigenvalue weighted by Gasteiger charge is 2.12. The summed E-state index contributed by atoms with van der Waals surface area (Å²) in [4.78, 5) is 0.257. The fourth-order valence-electron chi connectivity index (χ4n) is 1.37. The van der Waals surface area contributed by atoms with Gasteiger partial charge in [0.05, 0.1) is 16.5 Å². The summed E-state index contributed by atoms with van der Waals surface area (Å²) >= 11 is 5.11. The molecule has 17 heavy (non-hydrogen) atoms. The van der Waals surface area contributed by atoms with Gasteiger partial charge in [0.2, 0.25) is 0 Å². The van der Waals surface area contributed by atoms with Crippen molar-refractivity contribution in [3.63, 3.8) is 0 Å². The molecule has 0 aliphatic rings. The molecule has 86 valence electrons. The Labute approximate surface area is 112 Å². The highest BCUT2D eigenvalue weighted by Crippen LogP contribution is 2.32. The minimum absolute atomic E-state index is 0.257.